The lowest BCUT2D eigenvalue weighted by Crippen LogP contribution is -2.34. The first-order valence-corrected chi connectivity index (χ1v) is 6.45. The summed E-state index contributed by atoms with van der Waals surface area (Å²) >= 11 is 0. The van der Waals surface area contributed by atoms with Crippen LogP contribution in [0.25, 0.3) is 0 Å². The number of halogens is 3. The first-order valence-electron chi connectivity index (χ1n) is 6.45. The molecule has 0 atom stereocenters. The first-order chi connectivity index (χ1) is 9.45. The van der Waals surface area contributed by atoms with Gasteiger partial charge in [-0.15, -0.1) is 5.46 Å². The van der Waals surface area contributed by atoms with Crippen molar-refractivity contribution in [3.8, 4) is 5.75 Å². The van der Waals surface area contributed by atoms with E-state index in [2.05, 4.69) is 0 Å². The molecule has 0 spiro atoms. The lowest BCUT2D eigenvalue weighted by atomic mass is 9.79. The van der Waals surface area contributed by atoms with Crippen molar-refractivity contribution in [2.24, 2.45) is 0 Å². The maximum Gasteiger partial charge on any atom is 0.509 e. The van der Waals surface area contributed by atoms with Crippen LogP contribution in [0.5, 0.6) is 5.75 Å². The molecule has 7 heteroatoms. The summed E-state index contributed by atoms with van der Waals surface area (Å²) in [5.74, 6) is 0.477. The molecular formula is C13H19BF3O3-. The van der Waals surface area contributed by atoms with Crippen molar-refractivity contribution in [2.75, 3.05) is 33.5 Å². The second kappa shape index (κ2) is 8.16. The summed E-state index contributed by atoms with van der Waals surface area (Å²) in [6.45, 7) is -1.34. The molecule has 0 aliphatic carbocycles. The van der Waals surface area contributed by atoms with Crippen molar-refractivity contribution in [1.29, 1.82) is 0 Å². The molecule has 0 bridgehead atoms. The average molecular weight is 291 g/mol. The fourth-order valence-electron chi connectivity index (χ4n) is 1.63. The molecule has 0 radical (unpaired) electrons. The van der Waals surface area contributed by atoms with E-state index in [1.165, 1.54) is 6.07 Å². The van der Waals surface area contributed by atoms with Crippen LogP contribution in [0.15, 0.2) is 18.2 Å². The Labute approximate surface area is 117 Å². The summed E-state index contributed by atoms with van der Waals surface area (Å²) in [4.78, 5) is 0. The number of rotatable bonds is 9. The number of methoxy groups -OCH3 is 1. The molecule has 114 valence electrons. The van der Waals surface area contributed by atoms with Crippen LogP contribution in [0.3, 0.4) is 0 Å². The van der Waals surface area contributed by atoms with E-state index in [-0.39, 0.29) is 0 Å². The highest BCUT2D eigenvalue weighted by Gasteiger charge is 2.25. The van der Waals surface area contributed by atoms with Crippen LogP contribution in [0.2, 0.25) is 0 Å². The molecule has 0 aliphatic heterocycles. The summed E-state index contributed by atoms with van der Waals surface area (Å²) in [7, 11) is 1.60. The Morgan fingerprint density at radius 3 is 2.40 bits per heavy atom. The van der Waals surface area contributed by atoms with E-state index in [0.29, 0.717) is 44.2 Å². The highest BCUT2D eigenvalue weighted by molar-refractivity contribution is 6.73. The highest BCUT2D eigenvalue weighted by atomic mass is 19.4. The summed E-state index contributed by atoms with van der Waals surface area (Å²) in [6, 6.07) is 3.54. The van der Waals surface area contributed by atoms with Gasteiger partial charge in [0.1, 0.15) is 5.75 Å². The van der Waals surface area contributed by atoms with Gasteiger partial charge < -0.3 is 27.2 Å². The van der Waals surface area contributed by atoms with Gasteiger partial charge in [0.05, 0.1) is 19.8 Å². The maximum absolute atomic E-state index is 12.5. The Hall–Kier alpha value is -1.21. The van der Waals surface area contributed by atoms with Gasteiger partial charge in [-0.25, -0.2) is 0 Å². The highest BCUT2D eigenvalue weighted by Crippen LogP contribution is 2.19. The fourth-order valence-corrected chi connectivity index (χ4v) is 1.63. The van der Waals surface area contributed by atoms with Gasteiger partial charge >= 0.3 is 6.98 Å². The van der Waals surface area contributed by atoms with E-state index >= 15 is 0 Å². The molecule has 0 unspecified atom stereocenters. The molecule has 0 heterocycles. The van der Waals surface area contributed by atoms with E-state index < -0.39 is 12.4 Å². The van der Waals surface area contributed by atoms with Crippen molar-refractivity contribution in [2.45, 2.75) is 13.3 Å². The molecule has 1 rings (SSSR count). The van der Waals surface area contributed by atoms with Gasteiger partial charge in [-0.1, -0.05) is 12.1 Å². The largest absolute Gasteiger partial charge is 0.509 e. The van der Waals surface area contributed by atoms with Gasteiger partial charge in [0.15, 0.2) is 0 Å². The summed E-state index contributed by atoms with van der Waals surface area (Å²) in [6.07, 6.45) is 0.675. The summed E-state index contributed by atoms with van der Waals surface area (Å²) in [5, 5.41) is 0. The fraction of sp³-hybridized carbons (Fsp3) is 0.538. The number of ether oxygens (including phenoxy) is 3. The lowest BCUT2D eigenvalue weighted by Gasteiger charge is -2.17. The van der Waals surface area contributed by atoms with Gasteiger partial charge in [0.25, 0.3) is 0 Å². The molecule has 0 saturated carbocycles. The molecule has 0 aliphatic rings. The second-order valence-corrected chi connectivity index (χ2v) is 4.41. The van der Waals surface area contributed by atoms with Gasteiger partial charge in [0, 0.05) is 20.1 Å². The average Bonchev–Trinajstić information content (AvgIpc) is 2.38. The SMILES string of the molecule is COCCOCCCOc1ccc([B-](F)(F)F)cc1C. The topological polar surface area (TPSA) is 27.7 Å². The molecule has 20 heavy (non-hydrogen) atoms. The predicted molar refractivity (Wildman–Crippen MR) is 72.7 cm³/mol. The van der Waals surface area contributed by atoms with E-state index in [1.54, 1.807) is 14.0 Å². The van der Waals surface area contributed by atoms with Crippen LogP contribution >= 0.6 is 0 Å². The zero-order valence-electron chi connectivity index (χ0n) is 11.7. The zero-order chi connectivity index (χ0) is 15.0. The summed E-state index contributed by atoms with van der Waals surface area (Å²) < 4.78 is 53.2. The number of hydrogen-bond acceptors (Lipinski definition) is 3. The summed E-state index contributed by atoms with van der Waals surface area (Å²) in [5.41, 5.74) is -0.111. The Morgan fingerprint density at radius 1 is 1.05 bits per heavy atom. The van der Waals surface area contributed by atoms with Gasteiger partial charge in [-0.2, -0.15) is 0 Å². The zero-order valence-corrected chi connectivity index (χ0v) is 11.7. The van der Waals surface area contributed by atoms with Crippen LogP contribution in [0, 0.1) is 6.92 Å². The van der Waals surface area contributed by atoms with E-state index in [1.807, 2.05) is 0 Å². The first kappa shape index (κ1) is 16.8. The third-order valence-electron chi connectivity index (χ3n) is 2.70. The lowest BCUT2D eigenvalue weighted by molar-refractivity contribution is 0.0644. The van der Waals surface area contributed by atoms with Crippen LogP contribution in [-0.2, 0) is 9.47 Å². The molecule has 0 fully saturated rings. The van der Waals surface area contributed by atoms with Crippen molar-refractivity contribution >= 4 is 12.4 Å². The molecule has 0 aromatic heterocycles. The second-order valence-electron chi connectivity index (χ2n) is 4.41. The third kappa shape index (κ3) is 5.84. The van der Waals surface area contributed by atoms with Gasteiger partial charge in [0.2, 0.25) is 0 Å². The minimum atomic E-state index is -4.96. The standard InChI is InChI=1S/C13H19BF3O3/c1-11-10-12(14(15,16)17)4-5-13(11)20-7-3-6-19-9-8-18-2/h4-5,10H,3,6-9H2,1-2H3/q-1. The smallest absolute Gasteiger partial charge is 0.493 e. The van der Waals surface area contributed by atoms with E-state index in [4.69, 9.17) is 14.2 Å². The number of hydrogen-bond donors (Lipinski definition) is 0. The van der Waals surface area contributed by atoms with Crippen LogP contribution in [0.1, 0.15) is 12.0 Å². The Morgan fingerprint density at radius 2 is 1.80 bits per heavy atom. The molecule has 1 aromatic carbocycles. The normalized spacial score (nSPS) is 11.7. The van der Waals surface area contributed by atoms with Crippen molar-refractivity contribution in [1.82, 2.24) is 0 Å². The molecule has 0 amide bonds. The third-order valence-corrected chi connectivity index (χ3v) is 2.70. The molecule has 0 saturated heterocycles. The van der Waals surface area contributed by atoms with Crippen LogP contribution in [0.4, 0.5) is 12.9 Å². The Kier molecular flexibility index (Phi) is 6.88. The quantitative estimate of drug-likeness (QED) is 0.517. The van der Waals surface area contributed by atoms with Gasteiger partial charge in [-0.3, -0.25) is 0 Å². The van der Waals surface area contributed by atoms with E-state index in [9.17, 15) is 12.9 Å². The predicted octanol–water partition coefficient (Wildman–Crippen LogP) is 2.48. The molecule has 1 aromatic rings. The molecule has 3 nitrogen and oxygen atoms in total. The van der Waals surface area contributed by atoms with Crippen LogP contribution in [-0.4, -0.2) is 40.5 Å². The van der Waals surface area contributed by atoms with Crippen molar-refractivity contribution < 1.29 is 27.2 Å². The minimum Gasteiger partial charge on any atom is -0.493 e. The maximum atomic E-state index is 12.5. The Balaban J connectivity index is 2.34. The number of aryl methyl sites for hydroxylation is 1. The van der Waals surface area contributed by atoms with Gasteiger partial charge in [-0.05, 0) is 18.6 Å². The number of benzene rings is 1. The molecular weight excluding hydrogens is 272 g/mol. The van der Waals surface area contributed by atoms with E-state index in [0.717, 1.165) is 12.1 Å². The monoisotopic (exact) mass is 291 g/mol. The van der Waals surface area contributed by atoms with Crippen molar-refractivity contribution in [3.63, 3.8) is 0 Å². The Bertz CT molecular complexity index is 410. The minimum absolute atomic E-state index is 0.407. The molecule has 0 N–H and O–H groups in total. The van der Waals surface area contributed by atoms with Crippen LogP contribution < -0.4 is 10.2 Å². The van der Waals surface area contributed by atoms with Crippen molar-refractivity contribution in [3.05, 3.63) is 23.8 Å².